The summed E-state index contributed by atoms with van der Waals surface area (Å²) in [7, 11) is -4.16. The number of hydrogen-bond donors (Lipinski definition) is 3. The third-order valence-electron chi connectivity index (χ3n) is 6.05. The van der Waals surface area contributed by atoms with Crippen LogP contribution in [0, 0.1) is 22.5 Å². The molecule has 0 aliphatic heterocycles. The summed E-state index contributed by atoms with van der Waals surface area (Å²) in [5.41, 5.74) is 2.00. The minimum atomic E-state index is -4.16. The molecular weight excluding hydrogens is 591 g/mol. The molecule has 41 heavy (non-hydrogen) atoms. The van der Waals surface area contributed by atoms with Crippen LogP contribution >= 0.6 is 23.2 Å². The summed E-state index contributed by atoms with van der Waals surface area (Å²) in [6.45, 7) is 0.212. The molecule has 212 valence electrons. The summed E-state index contributed by atoms with van der Waals surface area (Å²) in [4.78, 5) is 26.2. The number of carbonyl (C=O) groups is 1. The Hall–Kier alpha value is -4.24. The Bertz CT molecular complexity index is 1750. The number of nitro groups is 1. The molecule has 3 aromatic carbocycles. The van der Waals surface area contributed by atoms with Crippen LogP contribution in [-0.4, -0.2) is 31.0 Å². The second-order valence-corrected chi connectivity index (χ2v) is 11.5. The van der Waals surface area contributed by atoms with E-state index >= 15 is 0 Å². The fraction of sp³-hybridized carbons (Fsp3) is 0.179. The van der Waals surface area contributed by atoms with Gasteiger partial charge in [-0.1, -0.05) is 59.6 Å². The zero-order valence-electron chi connectivity index (χ0n) is 21.4. The van der Waals surface area contributed by atoms with Crippen molar-refractivity contribution in [2.45, 2.75) is 25.1 Å². The van der Waals surface area contributed by atoms with Gasteiger partial charge in [-0.05, 0) is 34.9 Å². The molecular formula is C28H24Cl2N4O6S. The van der Waals surface area contributed by atoms with E-state index in [2.05, 4.69) is 20.9 Å². The van der Waals surface area contributed by atoms with Gasteiger partial charge in [-0.15, -0.1) is 12.3 Å². The fourth-order valence-electron chi connectivity index (χ4n) is 4.24. The summed E-state index contributed by atoms with van der Waals surface area (Å²) in [6.07, 6.45) is 4.94. The summed E-state index contributed by atoms with van der Waals surface area (Å²) < 4.78 is 34.0. The number of fused-ring (bicyclic) bond motifs is 1. The highest BCUT2D eigenvalue weighted by atomic mass is 35.5. The number of aromatic amines is 1. The molecule has 0 atom stereocenters. The monoisotopic (exact) mass is 614 g/mol. The van der Waals surface area contributed by atoms with Crippen LogP contribution in [0.1, 0.15) is 22.4 Å². The molecule has 0 fully saturated rings. The molecule has 0 bridgehead atoms. The van der Waals surface area contributed by atoms with Gasteiger partial charge in [-0.25, -0.2) is 13.2 Å². The van der Waals surface area contributed by atoms with E-state index in [9.17, 15) is 23.3 Å². The van der Waals surface area contributed by atoms with Gasteiger partial charge in [0.05, 0.1) is 22.1 Å². The number of alkyl carbamates (subject to hydrolysis) is 1. The van der Waals surface area contributed by atoms with Gasteiger partial charge in [0.15, 0.2) is 0 Å². The lowest BCUT2D eigenvalue weighted by Gasteiger charge is -2.11. The van der Waals surface area contributed by atoms with Gasteiger partial charge in [0, 0.05) is 41.6 Å². The summed E-state index contributed by atoms with van der Waals surface area (Å²) in [6, 6.07) is 16.5. The number of halogens is 2. The molecule has 1 heterocycles. The van der Waals surface area contributed by atoms with Gasteiger partial charge >= 0.3 is 6.09 Å². The van der Waals surface area contributed by atoms with Crippen LogP contribution in [0.3, 0.4) is 0 Å². The number of nitro benzene ring substituents is 1. The molecule has 4 rings (SSSR count). The molecule has 0 saturated carbocycles. The van der Waals surface area contributed by atoms with Gasteiger partial charge < -0.3 is 15.0 Å². The number of carbonyl (C=O) groups excluding carboxylic acids is 1. The smallest absolute Gasteiger partial charge is 0.407 e. The predicted octanol–water partition coefficient (Wildman–Crippen LogP) is 5.97. The molecule has 1 aromatic heterocycles. The van der Waals surface area contributed by atoms with Gasteiger partial charge in [-0.3, -0.25) is 14.8 Å². The van der Waals surface area contributed by atoms with E-state index in [1.165, 1.54) is 24.3 Å². The number of anilines is 1. The summed E-state index contributed by atoms with van der Waals surface area (Å²) in [5.74, 6) is 1.82. The molecule has 1 amide bonds. The minimum Gasteiger partial charge on any atom is -0.449 e. The van der Waals surface area contributed by atoms with Crippen LogP contribution in [0.25, 0.3) is 10.9 Å². The van der Waals surface area contributed by atoms with Gasteiger partial charge in [0.2, 0.25) is 10.0 Å². The second-order valence-electron chi connectivity index (χ2n) is 8.97. The number of sulfonamides is 1. The van der Waals surface area contributed by atoms with Gasteiger partial charge in [0.25, 0.3) is 5.69 Å². The van der Waals surface area contributed by atoms with Crippen LogP contribution < -0.4 is 10.0 Å². The maximum Gasteiger partial charge on any atom is 0.407 e. The van der Waals surface area contributed by atoms with E-state index in [0.29, 0.717) is 27.1 Å². The predicted molar refractivity (Wildman–Crippen MR) is 159 cm³/mol. The lowest BCUT2D eigenvalue weighted by molar-refractivity contribution is -0.383. The molecule has 0 saturated heterocycles. The average Bonchev–Trinajstić information content (AvgIpc) is 3.25. The number of H-pyrrole nitrogens is 1. The lowest BCUT2D eigenvalue weighted by Crippen LogP contribution is -2.24. The molecule has 13 heteroatoms. The number of nitrogens with one attached hydrogen (secondary N) is 3. The minimum absolute atomic E-state index is 0.0691. The topological polar surface area (TPSA) is 143 Å². The van der Waals surface area contributed by atoms with Crippen LogP contribution in [0.2, 0.25) is 10.0 Å². The molecule has 0 radical (unpaired) electrons. The molecule has 0 aliphatic carbocycles. The Morgan fingerprint density at radius 2 is 1.85 bits per heavy atom. The van der Waals surface area contributed by atoms with E-state index in [1.807, 2.05) is 30.3 Å². The van der Waals surface area contributed by atoms with E-state index in [1.54, 1.807) is 6.07 Å². The van der Waals surface area contributed by atoms with Crippen LogP contribution in [-0.2, 0) is 39.9 Å². The van der Waals surface area contributed by atoms with E-state index < -0.39 is 32.5 Å². The zero-order valence-corrected chi connectivity index (χ0v) is 23.8. The maximum atomic E-state index is 13.2. The quantitative estimate of drug-likeness (QED) is 0.108. The van der Waals surface area contributed by atoms with Gasteiger partial charge in [-0.2, -0.15) is 0 Å². The Labute approximate surface area is 246 Å². The maximum absolute atomic E-state index is 13.2. The van der Waals surface area contributed by atoms with Crippen molar-refractivity contribution in [3.05, 3.63) is 103 Å². The van der Waals surface area contributed by atoms with Crippen molar-refractivity contribution in [3.63, 3.8) is 0 Å². The molecule has 10 nitrogen and oxygen atoms in total. The zero-order chi connectivity index (χ0) is 29.6. The molecule has 4 aromatic rings. The number of hydrogen-bond acceptors (Lipinski definition) is 6. The summed E-state index contributed by atoms with van der Waals surface area (Å²) >= 11 is 12.6. The van der Waals surface area contributed by atoms with Crippen molar-refractivity contribution in [1.29, 1.82) is 0 Å². The van der Waals surface area contributed by atoms with Crippen molar-refractivity contribution in [1.82, 2.24) is 10.3 Å². The number of ether oxygens (including phenoxy) is 1. The largest absolute Gasteiger partial charge is 0.449 e. The third kappa shape index (κ3) is 7.70. The Balaban J connectivity index is 1.54. The number of benzene rings is 3. The first-order valence-corrected chi connectivity index (χ1v) is 14.6. The van der Waals surface area contributed by atoms with Crippen molar-refractivity contribution < 1.29 is 22.9 Å². The first-order valence-electron chi connectivity index (χ1n) is 12.2. The van der Waals surface area contributed by atoms with E-state index in [-0.39, 0.29) is 42.4 Å². The third-order valence-corrected chi connectivity index (χ3v) is 7.77. The van der Waals surface area contributed by atoms with Gasteiger partial charge in [0.1, 0.15) is 11.4 Å². The summed E-state index contributed by atoms with van der Waals surface area (Å²) in [5, 5.41) is 15.4. The second kappa shape index (κ2) is 13.0. The first-order chi connectivity index (χ1) is 19.6. The van der Waals surface area contributed by atoms with Crippen molar-refractivity contribution >= 4 is 61.6 Å². The van der Waals surface area contributed by atoms with Crippen LogP contribution in [0.15, 0.2) is 60.7 Å². The number of rotatable bonds is 11. The number of terminal acetylenes is 1. The van der Waals surface area contributed by atoms with E-state index in [4.69, 9.17) is 34.4 Å². The standard InChI is InChI=1S/C28H24Cl2N4O6S/c1-2-6-18-9-10-24(26(13-18)34(36)37)33-41(38,39)17-25-21(22-14-20(29)15-23(30)27(22)32-25)11-12-40-28(35)31-16-19-7-4-3-5-8-19/h1,3-5,7-10,13-15,32-33H,6,11-12,16-17H2,(H,31,35). The Morgan fingerprint density at radius 3 is 2.56 bits per heavy atom. The first kappa shape index (κ1) is 29.7. The number of nitrogens with zero attached hydrogens (tertiary/aromatic N) is 1. The van der Waals surface area contributed by atoms with Crippen molar-refractivity contribution in [2.24, 2.45) is 0 Å². The highest BCUT2D eigenvalue weighted by molar-refractivity contribution is 7.91. The average molecular weight is 615 g/mol. The highest BCUT2D eigenvalue weighted by Crippen LogP contribution is 2.34. The molecule has 0 spiro atoms. The van der Waals surface area contributed by atoms with Crippen LogP contribution in [0.5, 0.6) is 0 Å². The van der Waals surface area contributed by atoms with Crippen molar-refractivity contribution in [2.75, 3.05) is 11.3 Å². The molecule has 0 unspecified atom stereocenters. The Kier molecular flexibility index (Phi) is 9.39. The highest BCUT2D eigenvalue weighted by Gasteiger charge is 2.24. The Morgan fingerprint density at radius 1 is 1.10 bits per heavy atom. The number of aromatic nitrogens is 1. The SMILES string of the molecule is C#CCc1ccc(NS(=O)(=O)Cc2[nH]c3c(Cl)cc(Cl)cc3c2CCOC(=O)NCc2ccccc2)c([N+](=O)[O-])c1. The lowest BCUT2D eigenvalue weighted by atomic mass is 10.1. The molecule has 0 aliphatic rings. The van der Waals surface area contributed by atoms with Crippen molar-refractivity contribution in [3.8, 4) is 12.3 Å². The number of amides is 1. The normalized spacial score (nSPS) is 11.1. The molecule has 3 N–H and O–H groups in total. The van der Waals surface area contributed by atoms with Crippen LogP contribution in [0.4, 0.5) is 16.2 Å². The van der Waals surface area contributed by atoms with E-state index in [0.717, 1.165) is 5.56 Å². The fourth-order valence-corrected chi connectivity index (χ4v) is 5.99.